The van der Waals surface area contributed by atoms with Crippen molar-refractivity contribution in [1.82, 2.24) is 15.8 Å². The molecule has 2 rings (SSSR count). The number of urea groups is 1. The Bertz CT molecular complexity index is 763. The maximum atomic E-state index is 13.7. The zero-order chi connectivity index (χ0) is 18.4. The lowest BCUT2D eigenvalue weighted by Gasteiger charge is -2.18. The van der Waals surface area contributed by atoms with Crippen LogP contribution in [0.2, 0.25) is 0 Å². The number of carbonyl (C=O) groups excluding carboxylic acids is 2. The third-order valence-corrected chi connectivity index (χ3v) is 3.58. The molecule has 0 aliphatic rings. The van der Waals surface area contributed by atoms with Gasteiger partial charge in [0.2, 0.25) is 0 Å². The standard InChI is InChI=1S/C18H20FN3O3/c1-12-4-7-14(8-5-12)17(23)20-21-18(24)22(2)11-13-6-9-16(25-3)15(19)10-13/h4-10H,11H2,1-3H3,(H,20,23)(H,21,24). The Morgan fingerprint density at radius 1 is 1.12 bits per heavy atom. The summed E-state index contributed by atoms with van der Waals surface area (Å²) in [7, 11) is 2.92. The lowest BCUT2D eigenvalue weighted by Crippen LogP contribution is -2.47. The van der Waals surface area contributed by atoms with Crippen LogP contribution in [0.15, 0.2) is 42.5 Å². The number of halogens is 1. The van der Waals surface area contributed by atoms with Gasteiger partial charge in [0.1, 0.15) is 0 Å². The summed E-state index contributed by atoms with van der Waals surface area (Å²) in [5.41, 5.74) is 6.73. The van der Waals surface area contributed by atoms with Gasteiger partial charge < -0.3 is 9.64 Å². The molecule has 132 valence electrons. The second-order valence-corrected chi connectivity index (χ2v) is 5.58. The third kappa shape index (κ3) is 4.94. The number of nitrogens with zero attached hydrogens (tertiary/aromatic N) is 1. The fourth-order valence-electron chi connectivity index (χ4n) is 2.14. The maximum absolute atomic E-state index is 13.7. The van der Waals surface area contributed by atoms with Crippen LogP contribution in [-0.2, 0) is 6.54 Å². The highest BCUT2D eigenvalue weighted by molar-refractivity contribution is 5.95. The van der Waals surface area contributed by atoms with E-state index in [1.165, 1.54) is 31.2 Å². The van der Waals surface area contributed by atoms with E-state index in [1.807, 2.05) is 6.92 Å². The van der Waals surface area contributed by atoms with Gasteiger partial charge in [-0.05, 0) is 36.8 Å². The summed E-state index contributed by atoms with van der Waals surface area (Å²) in [6.07, 6.45) is 0. The highest BCUT2D eigenvalue weighted by Gasteiger charge is 2.12. The van der Waals surface area contributed by atoms with E-state index in [9.17, 15) is 14.0 Å². The zero-order valence-electron chi connectivity index (χ0n) is 14.3. The molecule has 0 saturated carbocycles. The molecule has 0 bridgehead atoms. The van der Waals surface area contributed by atoms with Crippen molar-refractivity contribution in [2.45, 2.75) is 13.5 Å². The van der Waals surface area contributed by atoms with Crippen molar-refractivity contribution < 1.29 is 18.7 Å². The molecule has 0 atom stereocenters. The monoisotopic (exact) mass is 345 g/mol. The molecule has 0 saturated heterocycles. The van der Waals surface area contributed by atoms with Gasteiger partial charge in [0, 0.05) is 19.2 Å². The van der Waals surface area contributed by atoms with Crippen molar-refractivity contribution >= 4 is 11.9 Å². The van der Waals surface area contributed by atoms with Crippen molar-refractivity contribution in [1.29, 1.82) is 0 Å². The first-order chi connectivity index (χ1) is 11.9. The second-order valence-electron chi connectivity index (χ2n) is 5.58. The first kappa shape index (κ1) is 18.3. The van der Waals surface area contributed by atoms with Crippen LogP contribution in [0.5, 0.6) is 5.75 Å². The molecular weight excluding hydrogens is 325 g/mol. The summed E-state index contributed by atoms with van der Waals surface area (Å²) in [4.78, 5) is 25.3. The molecule has 0 spiro atoms. The molecule has 0 radical (unpaired) electrons. The molecule has 25 heavy (non-hydrogen) atoms. The van der Waals surface area contributed by atoms with E-state index in [0.29, 0.717) is 11.1 Å². The van der Waals surface area contributed by atoms with Crippen molar-refractivity contribution in [2.75, 3.05) is 14.2 Å². The molecule has 6 nitrogen and oxygen atoms in total. The van der Waals surface area contributed by atoms with Gasteiger partial charge in [-0.1, -0.05) is 23.8 Å². The largest absolute Gasteiger partial charge is 0.494 e. The van der Waals surface area contributed by atoms with Crippen LogP contribution in [0.4, 0.5) is 9.18 Å². The number of benzene rings is 2. The molecule has 0 heterocycles. The van der Waals surface area contributed by atoms with Crippen LogP contribution in [0, 0.1) is 12.7 Å². The van der Waals surface area contributed by atoms with E-state index in [1.54, 1.807) is 30.3 Å². The molecule has 0 aliphatic heterocycles. The number of hydrazine groups is 1. The average molecular weight is 345 g/mol. The van der Waals surface area contributed by atoms with Gasteiger partial charge >= 0.3 is 6.03 Å². The van der Waals surface area contributed by atoms with Crippen LogP contribution >= 0.6 is 0 Å². The van der Waals surface area contributed by atoms with Gasteiger partial charge in [-0.3, -0.25) is 10.2 Å². The van der Waals surface area contributed by atoms with Crippen LogP contribution in [-0.4, -0.2) is 31.0 Å². The van der Waals surface area contributed by atoms with Gasteiger partial charge in [0.25, 0.3) is 5.91 Å². The van der Waals surface area contributed by atoms with Crippen LogP contribution < -0.4 is 15.6 Å². The number of carbonyl (C=O) groups is 2. The van der Waals surface area contributed by atoms with Crippen LogP contribution in [0.1, 0.15) is 21.5 Å². The van der Waals surface area contributed by atoms with E-state index < -0.39 is 17.8 Å². The minimum atomic E-state index is -0.517. The molecule has 2 aromatic carbocycles. The van der Waals surface area contributed by atoms with Gasteiger partial charge in [0.15, 0.2) is 11.6 Å². The fourth-order valence-corrected chi connectivity index (χ4v) is 2.14. The quantitative estimate of drug-likeness (QED) is 0.837. The van der Waals surface area contributed by atoms with Gasteiger partial charge in [-0.15, -0.1) is 0 Å². The number of rotatable bonds is 4. The minimum absolute atomic E-state index is 0.140. The molecule has 0 fully saturated rings. The summed E-state index contributed by atoms with van der Waals surface area (Å²) >= 11 is 0. The number of nitrogens with one attached hydrogen (secondary N) is 2. The summed E-state index contributed by atoms with van der Waals surface area (Å²) in [6.45, 7) is 2.09. The SMILES string of the molecule is COc1ccc(CN(C)C(=O)NNC(=O)c2ccc(C)cc2)cc1F. The van der Waals surface area contributed by atoms with Crippen LogP contribution in [0.3, 0.4) is 0 Å². The topological polar surface area (TPSA) is 70.7 Å². The number of ether oxygens (including phenoxy) is 1. The van der Waals surface area contributed by atoms with E-state index in [4.69, 9.17) is 4.74 Å². The Balaban J connectivity index is 1.88. The molecule has 3 amide bonds. The summed E-state index contributed by atoms with van der Waals surface area (Å²) < 4.78 is 18.5. The number of hydrogen-bond acceptors (Lipinski definition) is 3. The summed E-state index contributed by atoms with van der Waals surface area (Å²) in [5, 5.41) is 0. The summed E-state index contributed by atoms with van der Waals surface area (Å²) in [6, 6.07) is 10.9. The van der Waals surface area contributed by atoms with Crippen LogP contribution in [0.25, 0.3) is 0 Å². The predicted molar refractivity (Wildman–Crippen MR) is 91.6 cm³/mol. The minimum Gasteiger partial charge on any atom is -0.494 e. The predicted octanol–water partition coefficient (Wildman–Crippen LogP) is 2.63. The lowest BCUT2D eigenvalue weighted by atomic mass is 10.1. The first-order valence-corrected chi connectivity index (χ1v) is 7.61. The normalized spacial score (nSPS) is 10.1. The molecule has 7 heteroatoms. The highest BCUT2D eigenvalue weighted by Crippen LogP contribution is 2.18. The molecular formula is C18H20FN3O3. The van der Waals surface area contributed by atoms with Gasteiger partial charge in [0.05, 0.1) is 7.11 Å². The third-order valence-electron chi connectivity index (χ3n) is 3.58. The molecule has 0 aliphatic carbocycles. The van der Waals surface area contributed by atoms with E-state index in [2.05, 4.69) is 10.9 Å². The van der Waals surface area contributed by atoms with Crippen molar-refractivity contribution in [3.8, 4) is 5.75 Å². The Morgan fingerprint density at radius 2 is 1.80 bits per heavy atom. The molecule has 0 aromatic heterocycles. The average Bonchev–Trinajstić information content (AvgIpc) is 2.60. The Hall–Kier alpha value is -3.09. The summed E-state index contributed by atoms with van der Waals surface area (Å²) in [5.74, 6) is -0.778. The number of amides is 3. The highest BCUT2D eigenvalue weighted by atomic mass is 19.1. The lowest BCUT2D eigenvalue weighted by molar-refractivity contribution is 0.0931. The number of aryl methyl sites for hydroxylation is 1. The Kier molecular flexibility index (Phi) is 5.94. The molecule has 2 N–H and O–H groups in total. The van der Waals surface area contributed by atoms with E-state index in [-0.39, 0.29) is 12.3 Å². The Morgan fingerprint density at radius 3 is 2.40 bits per heavy atom. The second kappa shape index (κ2) is 8.14. The smallest absolute Gasteiger partial charge is 0.336 e. The molecule has 2 aromatic rings. The molecule has 0 unspecified atom stereocenters. The number of methoxy groups -OCH3 is 1. The number of hydrogen-bond donors (Lipinski definition) is 2. The van der Waals surface area contributed by atoms with Crippen molar-refractivity contribution in [2.24, 2.45) is 0 Å². The maximum Gasteiger partial charge on any atom is 0.336 e. The Labute approximate surface area is 145 Å². The van der Waals surface area contributed by atoms with Gasteiger partial charge in [-0.2, -0.15) is 0 Å². The fraction of sp³-hybridized carbons (Fsp3) is 0.222. The van der Waals surface area contributed by atoms with E-state index >= 15 is 0 Å². The van der Waals surface area contributed by atoms with Crippen molar-refractivity contribution in [3.05, 3.63) is 65.0 Å². The van der Waals surface area contributed by atoms with Gasteiger partial charge in [-0.25, -0.2) is 14.6 Å². The zero-order valence-corrected chi connectivity index (χ0v) is 14.3. The van der Waals surface area contributed by atoms with Crippen molar-refractivity contribution in [3.63, 3.8) is 0 Å². The van der Waals surface area contributed by atoms with E-state index in [0.717, 1.165) is 5.56 Å². The first-order valence-electron chi connectivity index (χ1n) is 7.61.